The van der Waals surface area contributed by atoms with Gasteiger partial charge in [-0.1, -0.05) is 28.2 Å². The van der Waals surface area contributed by atoms with E-state index >= 15 is 0 Å². The third-order valence-corrected chi connectivity index (χ3v) is 2.86. The molecule has 0 aliphatic heterocycles. The molecule has 2 aromatic rings. The molecule has 0 aliphatic carbocycles. The molecule has 0 bridgehead atoms. The summed E-state index contributed by atoms with van der Waals surface area (Å²) in [6.07, 6.45) is 3.57. The van der Waals surface area contributed by atoms with Gasteiger partial charge in [-0.05, 0) is 29.2 Å². The predicted molar refractivity (Wildman–Crippen MR) is 79.5 cm³/mol. The Hall–Kier alpha value is -1.90. The van der Waals surface area contributed by atoms with Crippen LogP contribution in [-0.2, 0) is 5.41 Å². The lowest BCUT2D eigenvalue weighted by Gasteiger charge is -2.19. The Morgan fingerprint density at radius 3 is 2.11 bits per heavy atom. The summed E-state index contributed by atoms with van der Waals surface area (Å²) in [5.41, 5.74) is 3.07. The highest BCUT2D eigenvalue weighted by Gasteiger charge is 2.15. The maximum atomic E-state index is 5.21. The van der Waals surface area contributed by atoms with E-state index in [1.807, 2.05) is 24.4 Å². The molecule has 0 amide bonds. The van der Waals surface area contributed by atoms with Crippen LogP contribution >= 0.6 is 0 Å². The fraction of sp³-hybridized carbons (Fsp3) is 0.375. The van der Waals surface area contributed by atoms with Crippen molar-refractivity contribution in [1.82, 2.24) is 9.97 Å². The first kappa shape index (κ1) is 15.2. The number of aromatic nitrogens is 2. The predicted octanol–water partition coefficient (Wildman–Crippen LogP) is 4.09. The van der Waals surface area contributed by atoms with Gasteiger partial charge in [0.05, 0.1) is 18.5 Å². The third kappa shape index (κ3) is 3.53. The van der Waals surface area contributed by atoms with Gasteiger partial charge in [-0.25, -0.2) is 0 Å². The molecule has 0 aliphatic rings. The minimum absolute atomic E-state index is 0. The lowest BCUT2D eigenvalue weighted by Crippen LogP contribution is -2.11. The lowest BCUT2D eigenvalue weighted by molar-refractivity contribution is 0.414. The molecule has 0 saturated carbocycles. The first-order chi connectivity index (χ1) is 8.50. The Morgan fingerprint density at radius 1 is 0.947 bits per heavy atom. The Morgan fingerprint density at radius 2 is 1.53 bits per heavy atom. The van der Waals surface area contributed by atoms with Crippen LogP contribution in [0.25, 0.3) is 11.4 Å². The van der Waals surface area contributed by atoms with E-state index in [-0.39, 0.29) is 12.8 Å². The van der Waals surface area contributed by atoms with Crippen molar-refractivity contribution in [2.24, 2.45) is 0 Å². The monoisotopic (exact) mass is 258 g/mol. The third-order valence-electron chi connectivity index (χ3n) is 2.86. The van der Waals surface area contributed by atoms with Crippen LogP contribution in [0.2, 0.25) is 0 Å². The Balaban J connectivity index is 0.00000180. The van der Waals surface area contributed by atoms with E-state index < -0.39 is 0 Å². The molecule has 3 nitrogen and oxygen atoms in total. The molecule has 0 saturated heterocycles. The fourth-order valence-electron chi connectivity index (χ4n) is 1.72. The van der Waals surface area contributed by atoms with Gasteiger partial charge in [-0.3, -0.25) is 9.97 Å². The topological polar surface area (TPSA) is 35.0 Å². The minimum Gasteiger partial charge on any atom is -0.497 e. The molecule has 0 N–H and O–H groups in total. The Labute approximate surface area is 115 Å². The second-order valence-electron chi connectivity index (χ2n) is 5.26. The van der Waals surface area contributed by atoms with E-state index in [1.54, 1.807) is 13.3 Å². The molecule has 2 rings (SSSR count). The molecular formula is C16H22N2O. The molecule has 0 aromatic carbocycles. The molecule has 2 heterocycles. The zero-order valence-corrected chi connectivity index (χ0v) is 11.3. The van der Waals surface area contributed by atoms with Gasteiger partial charge in [0.2, 0.25) is 0 Å². The van der Waals surface area contributed by atoms with Crippen molar-refractivity contribution >= 4 is 0 Å². The number of hydrogen-bond acceptors (Lipinski definition) is 3. The van der Waals surface area contributed by atoms with E-state index in [4.69, 9.17) is 4.74 Å². The number of hydrogen-bond donors (Lipinski definition) is 0. The highest BCUT2D eigenvalue weighted by molar-refractivity contribution is 5.57. The van der Waals surface area contributed by atoms with Crippen LogP contribution in [-0.4, -0.2) is 17.1 Å². The van der Waals surface area contributed by atoms with E-state index in [0.717, 1.165) is 17.1 Å². The van der Waals surface area contributed by atoms with Crippen molar-refractivity contribution < 1.29 is 4.74 Å². The van der Waals surface area contributed by atoms with Gasteiger partial charge in [0.1, 0.15) is 5.75 Å². The summed E-state index contributed by atoms with van der Waals surface area (Å²) < 4.78 is 5.21. The standard InChI is InChI=1S/C15H18N2O.CH4/c1-15(2,3)11-5-7-16-13(9-11)14-10-12(18-4)6-8-17-14;/h5-10H,1-4H3;1H4. The summed E-state index contributed by atoms with van der Waals surface area (Å²) >= 11 is 0. The van der Waals surface area contributed by atoms with Gasteiger partial charge in [-0.2, -0.15) is 0 Å². The zero-order valence-electron chi connectivity index (χ0n) is 11.3. The summed E-state index contributed by atoms with van der Waals surface area (Å²) in [7, 11) is 1.65. The van der Waals surface area contributed by atoms with Crippen LogP contribution in [0.4, 0.5) is 0 Å². The fourth-order valence-corrected chi connectivity index (χ4v) is 1.72. The molecule has 0 atom stereocenters. The molecule has 102 valence electrons. The highest BCUT2D eigenvalue weighted by atomic mass is 16.5. The van der Waals surface area contributed by atoms with E-state index in [2.05, 4.69) is 36.8 Å². The second-order valence-corrected chi connectivity index (χ2v) is 5.26. The highest BCUT2D eigenvalue weighted by Crippen LogP contribution is 2.26. The number of rotatable bonds is 2. The van der Waals surface area contributed by atoms with Crippen LogP contribution in [0.15, 0.2) is 36.7 Å². The molecular weight excluding hydrogens is 236 g/mol. The van der Waals surface area contributed by atoms with Crippen molar-refractivity contribution in [3.8, 4) is 17.1 Å². The van der Waals surface area contributed by atoms with Crippen molar-refractivity contribution in [2.45, 2.75) is 33.6 Å². The molecule has 0 radical (unpaired) electrons. The maximum absolute atomic E-state index is 5.21. The largest absolute Gasteiger partial charge is 0.497 e. The SMILES string of the molecule is C.COc1ccnc(-c2cc(C(C)(C)C)ccn2)c1. The van der Waals surface area contributed by atoms with Crippen LogP contribution < -0.4 is 4.74 Å². The van der Waals surface area contributed by atoms with Gasteiger partial charge < -0.3 is 4.74 Å². The van der Waals surface area contributed by atoms with Gasteiger partial charge in [0.25, 0.3) is 0 Å². The van der Waals surface area contributed by atoms with E-state index in [1.165, 1.54) is 5.56 Å². The summed E-state index contributed by atoms with van der Waals surface area (Å²) in [5, 5.41) is 0. The van der Waals surface area contributed by atoms with E-state index in [0.29, 0.717) is 0 Å². The van der Waals surface area contributed by atoms with Crippen molar-refractivity contribution in [3.63, 3.8) is 0 Å². The molecule has 19 heavy (non-hydrogen) atoms. The molecule has 3 heteroatoms. The van der Waals surface area contributed by atoms with Crippen molar-refractivity contribution in [1.29, 1.82) is 0 Å². The lowest BCUT2D eigenvalue weighted by atomic mass is 9.87. The van der Waals surface area contributed by atoms with Gasteiger partial charge in [0, 0.05) is 18.5 Å². The van der Waals surface area contributed by atoms with Gasteiger partial charge in [0.15, 0.2) is 0 Å². The molecule has 0 spiro atoms. The maximum Gasteiger partial charge on any atom is 0.122 e. The second kappa shape index (κ2) is 5.83. The average molecular weight is 258 g/mol. The first-order valence-corrected chi connectivity index (χ1v) is 5.97. The molecule has 2 aromatic heterocycles. The van der Waals surface area contributed by atoms with Crippen LogP contribution in [0.5, 0.6) is 5.75 Å². The molecule has 0 fully saturated rings. The van der Waals surface area contributed by atoms with Gasteiger partial charge in [-0.15, -0.1) is 0 Å². The zero-order chi connectivity index (χ0) is 13.2. The Bertz CT molecular complexity index is 544. The van der Waals surface area contributed by atoms with Crippen molar-refractivity contribution in [2.75, 3.05) is 7.11 Å². The number of ether oxygens (including phenoxy) is 1. The average Bonchev–Trinajstić information content (AvgIpc) is 2.38. The summed E-state index contributed by atoms with van der Waals surface area (Å²) in [4.78, 5) is 8.72. The summed E-state index contributed by atoms with van der Waals surface area (Å²) in [5.74, 6) is 0.794. The van der Waals surface area contributed by atoms with Gasteiger partial charge >= 0.3 is 0 Å². The smallest absolute Gasteiger partial charge is 0.122 e. The first-order valence-electron chi connectivity index (χ1n) is 5.97. The normalized spacial score (nSPS) is 10.7. The van der Waals surface area contributed by atoms with Crippen LogP contribution in [0.1, 0.15) is 33.8 Å². The number of methoxy groups -OCH3 is 1. The summed E-state index contributed by atoms with van der Waals surface area (Å²) in [6.45, 7) is 6.56. The quantitative estimate of drug-likeness (QED) is 0.814. The van der Waals surface area contributed by atoms with Crippen LogP contribution in [0.3, 0.4) is 0 Å². The van der Waals surface area contributed by atoms with Crippen molar-refractivity contribution in [3.05, 3.63) is 42.2 Å². The summed E-state index contributed by atoms with van der Waals surface area (Å²) in [6, 6.07) is 7.86. The molecule has 0 unspecified atom stereocenters. The minimum atomic E-state index is 0. The van der Waals surface area contributed by atoms with E-state index in [9.17, 15) is 0 Å². The Kier molecular flexibility index (Phi) is 4.65. The van der Waals surface area contributed by atoms with Crippen LogP contribution in [0, 0.1) is 0 Å². The number of pyridine rings is 2. The number of nitrogens with zero attached hydrogens (tertiary/aromatic N) is 2.